The lowest BCUT2D eigenvalue weighted by Crippen LogP contribution is -2.43. The molecule has 152 valence electrons. The van der Waals surface area contributed by atoms with Crippen molar-refractivity contribution in [3.05, 3.63) is 58.6 Å². The summed E-state index contributed by atoms with van der Waals surface area (Å²) in [6, 6.07) is 12.3. The average molecular weight is 414 g/mol. The van der Waals surface area contributed by atoms with Crippen molar-refractivity contribution < 1.29 is 14.4 Å². The van der Waals surface area contributed by atoms with Crippen molar-refractivity contribution >= 4 is 40.7 Å². The van der Waals surface area contributed by atoms with Crippen LogP contribution in [0.25, 0.3) is 0 Å². The van der Waals surface area contributed by atoms with E-state index in [2.05, 4.69) is 10.6 Å². The molecule has 1 saturated heterocycles. The zero-order chi connectivity index (χ0) is 21.0. The molecule has 1 aliphatic heterocycles. The number of hydrogen-bond acceptors (Lipinski definition) is 3. The van der Waals surface area contributed by atoms with Gasteiger partial charge in [-0.3, -0.25) is 14.4 Å². The van der Waals surface area contributed by atoms with Crippen LogP contribution < -0.4 is 10.6 Å². The Morgan fingerprint density at radius 1 is 1.03 bits per heavy atom. The van der Waals surface area contributed by atoms with Gasteiger partial charge in [-0.1, -0.05) is 29.3 Å². The van der Waals surface area contributed by atoms with Crippen LogP contribution in [0.3, 0.4) is 0 Å². The van der Waals surface area contributed by atoms with E-state index >= 15 is 0 Å². The van der Waals surface area contributed by atoms with E-state index in [-0.39, 0.29) is 23.6 Å². The monoisotopic (exact) mass is 413 g/mol. The third-order valence-electron chi connectivity index (χ3n) is 4.93. The summed E-state index contributed by atoms with van der Waals surface area (Å²) < 4.78 is 0. The maximum atomic E-state index is 12.9. The van der Waals surface area contributed by atoms with Crippen LogP contribution in [0, 0.1) is 12.8 Å². The fourth-order valence-electron chi connectivity index (χ4n) is 3.41. The Balaban J connectivity index is 1.70. The molecule has 1 fully saturated rings. The van der Waals surface area contributed by atoms with E-state index in [1.165, 1.54) is 6.92 Å². The number of carbonyl (C=O) groups excluding carboxylic acids is 3. The van der Waals surface area contributed by atoms with Gasteiger partial charge in [-0.15, -0.1) is 0 Å². The molecular formula is C22H24ClN3O3. The van der Waals surface area contributed by atoms with Crippen molar-refractivity contribution in [3.63, 3.8) is 0 Å². The molecule has 0 radical (unpaired) electrons. The van der Waals surface area contributed by atoms with Gasteiger partial charge in [-0.25, -0.2) is 0 Å². The largest absolute Gasteiger partial charge is 0.338 e. The topological polar surface area (TPSA) is 78.5 Å². The van der Waals surface area contributed by atoms with E-state index in [1.807, 2.05) is 31.2 Å². The highest BCUT2D eigenvalue weighted by molar-refractivity contribution is 6.31. The standard InChI is InChI=1S/C22H24ClN3O3/c1-14-5-7-16(8-6-14)22(29)26-11-3-4-17(13-26)21(28)25-20-12-18(23)9-10-19(20)24-15(2)27/h5-10,12,17H,3-4,11,13H2,1-2H3,(H,24,27)(H,25,28). The van der Waals surface area contributed by atoms with E-state index in [9.17, 15) is 14.4 Å². The summed E-state index contributed by atoms with van der Waals surface area (Å²) in [6.45, 7) is 4.36. The van der Waals surface area contributed by atoms with Crippen LogP contribution >= 0.6 is 11.6 Å². The zero-order valence-electron chi connectivity index (χ0n) is 16.5. The number of nitrogens with zero attached hydrogens (tertiary/aromatic N) is 1. The molecule has 0 spiro atoms. The molecule has 1 heterocycles. The molecule has 0 aliphatic carbocycles. The third-order valence-corrected chi connectivity index (χ3v) is 5.16. The summed E-state index contributed by atoms with van der Waals surface area (Å²) in [5, 5.41) is 6.00. The summed E-state index contributed by atoms with van der Waals surface area (Å²) >= 11 is 6.05. The van der Waals surface area contributed by atoms with Crippen LogP contribution in [0.5, 0.6) is 0 Å². The molecule has 0 bridgehead atoms. The molecule has 0 aromatic heterocycles. The fourth-order valence-corrected chi connectivity index (χ4v) is 3.58. The first-order chi connectivity index (χ1) is 13.8. The van der Waals surface area contributed by atoms with Gasteiger partial charge in [0.05, 0.1) is 17.3 Å². The number of likely N-dealkylation sites (tertiary alicyclic amines) is 1. The highest BCUT2D eigenvalue weighted by Crippen LogP contribution is 2.28. The van der Waals surface area contributed by atoms with Crippen LogP contribution in [0.15, 0.2) is 42.5 Å². The SMILES string of the molecule is CC(=O)Nc1ccc(Cl)cc1NC(=O)C1CCCN(C(=O)c2ccc(C)cc2)C1. The van der Waals surface area contributed by atoms with E-state index < -0.39 is 0 Å². The first kappa shape index (κ1) is 20.9. The Hall–Kier alpha value is -2.86. The van der Waals surface area contributed by atoms with Gasteiger partial charge in [0.2, 0.25) is 11.8 Å². The minimum Gasteiger partial charge on any atom is -0.338 e. The number of carbonyl (C=O) groups is 3. The van der Waals surface area contributed by atoms with Crippen molar-refractivity contribution in [2.75, 3.05) is 23.7 Å². The van der Waals surface area contributed by atoms with E-state index in [0.717, 1.165) is 12.0 Å². The lowest BCUT2D eigenvalue weighted by molar-refractivity contribution is -0.121. The predicted octanol–water partition coefficient (Wildman–Crippen LogP) is 4.10. The molecular weight excluding hydrogens is 390 g/mol. The Morgan fingerprint density at radius 3 is 2.45 bits per heavy atom. The van der Waals surface area contributed by atoms with E-state index in [1.54, 1.807) is 23.1 Å². The van der Waals surface area contributed by atoms with Crippen LogP contribution in [-0.2, 0) is 9.59 Å². The Labute approximate surface area is 175 Å². The number of amides is 3. The summed E-state index contributed by atoms with van der Waals surface area (Å²) in [5.41, 5.74) is 2.65. The Kier molecular flexibility index (Phi) is 6.54. The number of piperidine rings is 1. The minimum absolute atomic E-state index is 0.0656. The van der Waals surface area contributed by atoms with Gasteiger partial charge in [-0.05, 0) is 50.1 Å². The molecule has 2 N–H and O–H groups in total. The minimum atomic E-state index is -0.331. The van der Waals surface area contributed by atoms with Crippen molar-refractivity contribution in [3.8, 4) is 0 Å². The normalized spacial score (nSPS) is 16.2. The van der Waals surface area contributed by atoms with Gasteiger partial charge >= 0.3 is 0 Å². The van der Waals surface area contributed by atoms with Crippen LogP contribution in [-0.4, -0.2) is 35.7 Å². The number of rotatable bonds is 4. The molecule has 1 unspecified atom stereocenters. The van der Waals surface area contributed by atoms with Crippen molar-refractivity contribution in [1.29, 1.82) is 0 Å². The molecule has 6 nitrogen and oxygen atoms in total. The summed E-state index contributed by atoms with van der Waals surface area (Å²) in [7, 11) is 0. The number of aryl methyl sites for hydroxylation is 1. The lowest BCUT2D eigenvalue weighted by Gasteiger charge is -2.32. The van der Waals surface area contributed by atoms with Gasteiger partial charge in [0, 0.05) is 30.6 Å². The second-order valence-electron chi connectivity index (χ2n) is 7.32. The summed E-state index contributed by atoms with van der Waals surface area (Å²) in [4.78, 5) is 38.8. The molecule has 0 saturated carbocycles. The van der Waals surface area contributed by atoms with Crippen LogP contribution in [0.4, 0.5) is 11.4 Å². The Bertz CT molecular complexity index is 927. The maximum Gasteiger partial charge on any atom is 0.253 e. The van der Waals surface area contributed by atoms with Gasteiger partial charge in [0.1, 0.15) is 0 Å². The lowest BCUT2D eigenvalue weighted by atomic mass is 9.96. The molecule has 29 heavy (non-hydrogen) atoms. The smallest absolute Gasteiger partial charge is 0.253 e. The van der Waals surface area contributed by atoms with Crippen LogP contribution in [0.2, 0.25) is 5.02 Å². The molecule has 1 aliphatic rings. The molecule has 3 rings (SSSR count). The highest BCUT2D eigenvalue weighted by atomic mass is 35.5. The summed E-state index contributed by atoms with van der Waals surface area (Å²) in [6.07, 6.45) is 1.45. The quantitative estimate of drug-likeness (QED) is 0.792. The highest BCUT2D eigenvalue weighted by Gasteiger charge is 2.29. The van der Waals surface area contributed by atoms with Gasteiger partial charge in [0.15, 0.2) is 0 Å². The average Bonchev–Trinajstić information content (AvgIpc) is 2.70. The van der Waals surface area contributed by atoms with Crippen molar-refractivity contribution in [1.82, 2.24) is 4.90 Å². The molecule has 1 atom stereocenters. The Morgan fingerprint density at radius 2 is 1.76 bits per heavy atom. The molecule has 2 aromatic carbocycles. The molecule has 2 aromatic rings. The van der Waals surface area contributed by atoms with E-state index in [0.29, 0.717) is 41.5 Å². The first-order valence-electron chi connectivity index (χ1n) is 9.57. The van der Waals surface area contributed by atoms with Gasteiger partial charge < -0.3 is 15.5 Å². The maximum absolute atomic E-state index is 12.9. The zero-order valence-corrected chi connectivity index (χ0v) is 17.3. The first-order valence-corrected chi connectivity index (χ1v) is 9.95. The van der Waals surface area contributed by atoms with Gasteiger partial charge in [0.25, 0.3) is 5.91 Å². The number of anilines is 2. The van der Waals surface area contributed by atoms with Crippen molar-refractivity contribution in [2.24, 2.45) is 5.92 Å². The molecule has 7 heteroatoms. The predicted molar refractivity (Wildman–Crippen MR) is 114 cm³/mol. The third kappa shape index (κ3) is 5.35. The number of hydrogen-bond donors (Lipinski definition) is 2. The number of benzene rings is 2. The van der Waals surface area contributed by atoms with Crippen LogP contribution in [0.1, 0.15) is 35.7 Å². The molecule has 3 amide bonds. The second kappa shape index (κ2) is 9.09. The number of halogens is 1. The second-order valence-corrected chi connectivity index (χ2v) is 7.75. The van der Waals surface area contributed by atoms with Crippen molar-refractivity contribution in [2.45, 2.75) is 26.7 Å². The van der Waals surface area contributed by atoms with E-state index in [4.69, 9.17) is 11.6 Å². The van der Waals surface area contributed by atoms with Gasteiger partial charge in [-0.2, -0.15) is 0 Å². The summed E-state index contributed by atoms with van der Waals surface area (Å²) in [5.74, 6) is -0.831. The number of nitrogens with one attached hydrogen (secondary N) is 2. The fraction of sp³-hybridized carbons (Fsp3) is 0.318.